The van der Waals surface area contributed by atoms with Crippen molar-refractivity contribution in [3.63, 3.8) is 0 Å². The molecule has 92 valence electrons. The van der Waals surface area contributed by atoms with Gasteiger partial charge in [-0.15, -0.1) is 11.3 Å². The molecule has 0 bridgehead atoms. The number of hydrogen-bond acceptors (Lipinski definition) is 5. The second-order valence-electron chi connectivity index (χ2n) is 4.07. The van der Waals surface area contributed by atoms with E-state index in [0.29, 0.717) is 0 Å². The van der Waals surface area contributed by atoms with E-state index in [4.69, 9.17) is 5.26 Å². The normalized spacial score (nSPS) is 9.83. The molecule has 4 nitrogen and oxygen atoms in total. The molecular weight excluding hydrogens is 244 g/mol. The van der Waals surface area contributed by atoms with Crippen molar-refractivity contribution in [2.24, 2.45) is 0 Å². The second kappa shape index (κ2) is 5.52. The van der Waals surface area contributed by atoms with E-state index in [0.717, 1.165) is 28.5 Å². The highest BCUT2D eigenvalue weighted by Gasteiger charge is 2.00. The number of hydrogen-bond donors (Lipinski definition) is 1. The zero-order valence-corrected chi connectivity index (χ0v) is 11.2. The molecule has 2 aromatic heterocycles. The van der Waals surface area contributed by atoms with Crippen LogP contribution in [0.25, 0.3) is 0 Å². The lowest BCUT2D eigenvalue weighted by atomic mass is 10.3. The minimum atomic E-state index is 0.718. The Hall–Kier alpha value is -2.06. The maximum Gasteiger partial charge on any atom is 0.128 e. The molecule has 0 aliphatic heterocycles. The van der Waals surface area contributed by atoms with Gasteiger partial charge in [-0.2, -0.15) is 5.26 Å². The molecule has 0 amide bonds. The van der Waals surface area contributed by atoms with Gasteiger partial charge >= 0.3 is 0 Å². The van der Waals surface area contributed by atoms with Crippen LogP contribution in [0.1, 0.15) is 10.4 Å². The summed E-state index contributed by atoms with van der Waals surface area (Å²) in [5.41, 5.74) is 1.70. The van der Waals surface area contributed by atoms with E-state index in [1.54, 1.807) is 11.3 Å². The Morgan fingerprint density at radius 1 is 1.44 bits per heavy atom. The molecule has 0 spiro atoms. The Bertz CT molecular complexity index is 551. The molecule has 5 heteroatoms. The lowest BCUT2D eigenvalue weighted by Gasteiger charge is -2.11. The first-order valence-electron chi connectivity index (χ1n) is 5.54. The Morgan fingerprint density at radius 3 is 2.83 bits per heavy atom. The van der Waals surface area contributed by atoms with Gasteiger partial charge in [0.05, 0.1) is 17.4 Å². The van der Waals surface area contributed by atoms with Gasteiger partial charge in [-0.25, -0.2) is 4.98 Å². The third-order valence-corrected chi connectivity index (χ3v) is 3.39. The second-order valence-corrected chi connectivity index (χ2v) is 5.06. The van der Waals surface area contributed by atoms with Crippen LogP contribution in [0.2, 0.25) is 0 Å². The van der Waals surface area contributed by atoms with Crippen LogP contribution in [0.4, 0.5) is 11.5 Å². The average Bonchev–Trinajstić information content (AvgIpc) is 2.85. The first kappa shape index (κ1) is 12.4. The molecule has 18 heavy (non-hydrogen) atoms. The van der Waals surface area contributed by atoms with Crippen LogP contribution in [0.15, 0.2) is 29.8 Å². The first-order valence-corrected chi connectivity index (χ1v) is 6.42. The monoisotopic (exact) mass is 258 g/mol. The summed E-state index contributed by atoms with van der Waals surface area (Å²) >= 11 is 1.59. The number of rotatable bonds is 4. The fourth-order valence-electron chi connectivity index (χ4n) is 1.48. The van der Waals surface area contributed by atoms with Gasteiger partial charge in [0.2, 0.25) is 0 Å². The summed E-state index contributed by atoms with van der Waals surface area (Å²) in [5, 5.41) is 13.9. The maximum absolute atomic E-state index is 8.74. The number of nitrogens with one attached hydrogen (secondary N) is 1. The number of aromatic nitrogens is 1. The van der Waals surface area contributed by atoms with E-state index >= 15 is 0 Å². The summed E-state index contributed by atoms with van der Waals surface area (Å²) in [6.07, 6.45) is 1.81. The van der Waals surface area contributed by atoms with Crippen LogP contribution in [-0.4, -0.2) is 19.1 Å². The standard InChI is InChI=1S/C13H14N4S/c1-17(2)13-4-3-11(7-16-13)15-8-12-5-10(6-14)9-18-12/h3-5,7,9,15H,8H2,1-2H3. The van der Waals surface area contributed by atoms with Crippen molar-refractivity contribution in [2.75, 3.05) is 24.3 Å². The minimum absolute atomic E-state index is 0.718. The lowest BCUT2D eigenvalue weighted by Crippen LogP contribution is -2.10. The van der Waals surface area contributed by atoms with E-state index in [1.165, 1.54) is 0 Å². The van der Waals surface area contributed by atoms with E-state index in [2.05, 4.69) is 16.4 Å². The van der Waals surface area contributed by atoms with Crippen molar-refractivity contribution in [3.05, 3.63) is 40.2 Å². The zero-order chi connectivity index (χ0) is 13.0. The summed E-state index contributed by atoms with van der Waals surface area (Å²) in [6, 6.07) is 8.00. The van der Waals surface area contributed by atoms with Crippen molar-refractivity contribution < 1.29 is 0 Å². The molecule has 0 unspecified atom stereocenters. The van der Waals surface area contributed by atoms with Gasteiger partial charge in [-0.1, -0.05) is 0 Å². The summed E-state index contributed by atoms with van der Waals surface area (Å²) in [5.74, 6) is 0.934. The number of nitriles is 1. The van der Waals surface area contributed by atoms with Crippen LogP contribution in [0, 0.1) is 11.3 Å². The molecule has 0 saturated heterocycles. The van der Waals surface area contributed by atoms with Gasteiger partial charge in [0, 0.05) is 30.9 Å². The molecule has 2 rings (SSSR count). The molecule has 0 saturated carbocycles. The van der Waals surface area contributed by atoms with Gasteiger partial charge < -0.3 is 10.2 Å². The Kier molecular flexibility index (Phi) is 3.80. The number of nitrogens with zero attached hydrogens (tertiary/aromatic N) is 3. The summed E-state index contributed by atoms with van der Waals surface area (Å²) in [4.78, 5) is 7.43. The van der Waals surface area contributed by atoms with Gasteiger partial charge in [0.1, 0.15) is 11.9 Å². The third-order valence-electron chi connectivity index (χ3n) is 2.46. The van der Waals surface area contributed by atoms with Crippen molar-refractivity contribution in [3.8, 4) is 6.07 Å². The van der Waals surface area contributed by atoms with E-state index in [1.807, 2.05) is 48.8 Å². The van der Waals surface area contributed by atoms with E-state index in [-0.39, 0.29) is 0 Å². The minimum Gasteiger partial charge on any atom is -0.379 e. The molecule has 0 aliphatic rings. The predicted molar refractivity (Wildman–Crippen MR) is 74.9 cm³/mol. The number of anilines is 2. The third kappa shape index (κ3) is 2.99. The summed E-state index contributed by atoms with van der Waals surface area (Å²) in [6.45, 7) is 0.718. The molecule has 1 N–H and O–H groups in total. The lowest BCUT2D eigenvalue weighted by molar-refractivity contribution is 1.06. The van der Waals surface area contributed by atoms with Crippen molar-refractivity contribution >= 4 is 22.8 Å². The zero-order valence-electron chi connectivity index (χ0n) is 10.3. The van der Waals surface area contributed by atoms with Crippen LogP contribution >= 0.6 is 11.3 Å². The molecule has 0 aliphatic carbocycles. The largest absolute Gasteiger partial charge is 0.379 e. The van der Waals surface area contributed by atoms with Crippen molar-refractivity contribution in [2.45, 2.75) is 6.54 Å². The van der Waals surface area contributed by atoms with E-state index < -0.39 is 0 Å². The average molecular weight is 258 g/mol. The number of pyridine rings is 1. The molecule has 0 radical (unpaired) electrons. The SMILES string of the molecule is CN(C)c1ccc(NCc2cc(C#N)cs2)cn1. The van der Waals surface area contributed by atoms with Gasteiger partial charge in [-0.3, -0.25) is 0 Å². The Balaban J connectivity index is 1.96. The molecular formula is C13H14N4S. The molecule has 2 heterocycles. The van der Waals surface area contributed by atoms with Gasteiger partial charge in [0.25, 0.3) is 0 Å². The molecule has 0 fully saturated rings. The molecule has 0 atom stereocenters. The maximum atomic E-state index is 8.74. The van der Waals surface area contributed by atoms with Gasteiger partial charge in [0.15, 0.2) is 0 Å². The fourth-order valence-corrected chi connectivity index (χ4v) is 2.23. The smallest absolute Gasteiger partial charge is 0.128 e. The van der Waals surface area contributed by atoms with Crippen LogP contribution in [-0.2, 0) is 6.54 Å². The highest BCUT2D eigenvalue weighted by molar-refractivity contribution is 7.10. The van der Waals surface area contributed by atoms with Crippen molar-refractivity contribution in [1.82, 2.24) is 4.98 Å². The van der Waals surface area contributed by atoms with Crippen LogP contribution in [0.3, 0.4) is 0 Å². The topological polar surface area (TPSA) is 52.0 Å². The molecule has 2 aromatic rings. The number of thiophene rings is 1. The van der Waals surface area contributed by atoms with Gasteiger partial charge in [-0.05, 0) is 18.2 Å². The van der Waals surface area contributed by atoms with E-state index in [9.17, 15) is 0 Å². The Morgan fingerprint density at radius 2 is 2.28 bits per heavy atom. The summed E-state index contributed by atoms with van der Waals surface area (Å²) in [7, 11) is 3.93. The molecule has 0 aromatic carbocycles. The highest BCUT2D eigenvalue weighted by atomic mass is 32.1. The predicted octanol–water partition coefficient (Wildman–Crippen LogP) is 2.69. The quantitative estimate of drug-likeness (QED) is 0.916. The Labute approximate surface area is 111 Å². The highest BCUT2D eigenvalue weighted by Crippen LogP contribution is 2.17. The van der Waals surface area contributed by atoms with Crippen LogP contribution in [0.5, 0.6) is 0 Å². The first-order chi connectivity index (χ1) is 8.69. The fraction of sp³-hybridized carbons (Fsp3) is 0.231. The van der Waals surface area contributed by atoms with Crippen molar-refractivity contribution in [1.29, 1.82) is 5.26 Å². The summed E-state index contributed by atoms with van der Waals surface area (Å²) < 4.78 is 0. The van der Waals surface area contributed by atoms with Crippen LogP contribution < -0.4 is 10.2 Å².